The van der Waals surface area contributed by atoms with Crippen LogP contribution in [-0.2, 0) is 0 Å². The Morgan fingerprint density at radius 1 is 1.44 bits per heavy atom. The van der Waals surface area contributed by atoms with Crippen molar-refractivity contribution in [2.24, 2.45) is 5.41 Å². The minimum atomic E-state index is -0.0265. The van der Waals surface area contributed by atoms with Crippen molar-refractivity contribution in [3.05, 3.63) is 30.1 Å². The van der Waals surface area contributed by atoms with Crippen molar-refractivity contribution in [3.63, 3.8) is 0 Å². The molecule has 1 heterocycles. The van der Waals surface area contributed by atoms with Crippen molar-refractivity contribution < 1.29 is 5.11 Å². The van der Waals surface area contributed by atoms with Gasteiger partial charge in [0.2, 0.25) is 0 Å². The number of rotatable bonds is 6. The lowest BCUT2D eigenvalue weighted by atomic mass is 9.88. The molecule has 0 saturated heterocycles. The molecule has 2 N–H and O–H groups in total. The number of aliphatic hydroxyl groups is 1. The first-order chi connectivity index (χ1) is 7.61. The van der Waals surface area contributed by atoms with Crippen LogP contribution in [0, 0.1) is 5.41 Å². The van der Waals surface area contributed by atoms with Crippen molar-refractivity contribution >= 4 is 0 Å². The van der Waals surface area contributed by atoms with Gasteiger partial charge in [-0.15, -0.1) is 0 Å². The van der Waals surface area contributed by atoms with Crippen molar-refractivity contribution in [1.29, 1.82) is 0 Å². The Balaban J connectivity index is 2.50. The van der Waals surface area contributed by atoms with Gasteiger partial charge in [-0.3, -0.25) is 4.98 Å². The second-order valence-corrected chi connectivity index (χ2v) is 4.71. The van der Waals surface area contributed by atoms with Crippen LogP contribution in [0.25, 0.3) is 0 Å². The number of aromatic nitrogens is 1. The third-order valence-electron chi connectivity index (χ3n) is 3.28. The van der Waals surface area contributed by atoms with Gasteiger partial charge in [0.1, 0.15) is 0 Å². The molecule has 0 aliphatic rings. The van der Waals surface area contributed by atoms with E-state index in [1.165, 1.54) is 5.56 Å². The first-order valence-corrected chi connectivity index (χ1v) is 5.85. The minimum absolute atomic E-state index is 0.0265. The molecule has 0 amide bonds. The van der Waals surface area contributed by atoms with E-state index >= 15 is 0 Å². The number of nitrogens with one attached hydrogen (secondary N) is 1. The summed E-state index contributed by atoms with van der Waals surface area (Å²) in [5.74, 6) is 0. The van der Waals surface area contributed by atoms with E-state index in [1.807, 2.05) is 12.1 Å². The Morgan fingerprint density at radius 3 is 2.56 bits per heavy atom. The molecule has 0 aliphatic carbocycles. The number of hydrogen-bond donors (Lipinski definition) is 2. The molecule has 3 nitrogen and oxygen atoms in total. The summed E-state index contributed by atoms with van der Waals surface area (Å²) in [6, 6.07) is 4.32. The fraction of sp³-hybridized carbons (Fsp3) is 0.615. The predicted molar refractivity (Wildman–Crippen MR) is 66.1 cm³/mol. The number of pyridine rings is 1. The van der Waals surface area contributed by atoms with Gasteiger partial charge in [0.25, 0.3) is 0 Å². The van der Waals surface area contributed by atoms with Crippen molar-refractivity contribution in [2.75, 3.05) is 13.2 Å². The predicted octanol–water partition coefficient (Wildman–Crippen LogP) is 2.14. The quantitative estimate of drug-likeness (QED) is 0.775. The topological polar surface area (TPSA) is 45.1 Å². The van der Waals surface area contributed by atoms with Crippen LogP contribution >= 0.6 is 0 Å². The largest absolute Gasteiger partial charge is 0.396 e. The zero-order valence-corrected chi connectivity index (χ0v) is 10.4. The van der Waals surface area contributed by atoms with E-state index in [1.54, 1.807) is 12.4 Å². The zero-order chi connectivity index (χ0) is 12.0. The number of nitrogens with zero attached hydrogens (tertiary/aromatic N) is 1. The van der Waals surface area contributed by atoms with Gasteiger partial charge in [0.05, 0.1) is 0 Å². The van der Waals surface area contributed by atoms with E-state index in [2.05, 4.69) is 31.1 Å². The van der Waals surface area contributed by atoms with Gasteiger partial charge in [0, 0.05) is 37.0 Å². The van der Waals surface area contributed by atoms with Crippen LogP contribution in [0.15, 0.2) is 24.5 Å². The van der Waals surface area contributed by atoms with Crippen molar-refractivity contribution in [1.82, 2.24) is 10.3 Å². The van der Waals surface area contributed by atoms with E-state index in [0.717, 1.165) is 13.0 Å². The minimum Gasteiger partial charge on any atom is -0.396 e. The van der Waals surface area contributed by atoms with Gasteiger partial charge in [-0.25, -0.2) is 0 Å². The van der Waals surface area contributed by atoms with E-state index in [4.69, 9.17) is 0 Å². The van der Waals surface area contributed by atoms with Crippen LogP contribution in [-0.4, -0.2) is 23.2 Å². The summed E-state index contributed by atoms with van der Waals surface area (Å²) >= 11 is 0. The Hall–Kier alpha value is -0.930. The number of hydrogen-bond acceptors (Lipinski definition) is 3. The van der Waals surface area contributed by atoms with Gasteiger partial charge in [0.15, 0.2) is 0 Å². The van der Waals surface area contributed by atoms with E-state index < -0.39 is 0 Å². The third kappa shape index (κ3) is 3.58. The third-order valence-corrected chi connectivity index (χ3v) is 3.28. The second kappa shape index (κ2) is 5.97. The molecule has 3 heteroatoms. The molecule has 0 aliphatic heterocycles. The second-order valence-electron chi connectivity index (χ2n) is 4.71. The van der Waals surface area contributed by atoms with Crippen LogP contribution in [0.3, 0.4) is 0 Å². The maximum absolute atomic E-state index is 9.32. The van der Waals surface area contributed by atoms with Crippen LogP contribution in [0.1, 0.15) is 38.8 Å². The molecule has 16 heavy (non-hydrogen) atoms. The van der Waals surface area contributed by atoms with Gasteiger partial charge in [-0.1, -0.05) is 13.8 Å². The summed E-state index contributed by atoms with van der Waals surface area (Å²) in [4.78, 5) is 4.00. The summed E-state index contributed by atoms with van der Waals surface area (Å²) in [7, 11) is 0. The van der Waals surface area contributed by atoms with Crippen LogP contribution in [0.4, 0.5) is 0 Å². The highest BCUT2D eigenvalue weighted by molar-refractivity contribution is 5.13. The summed E-state index contributed by atoms with van der Waals surface area (Å²) in [5.41, 5.74) is 1.20. The summed E-state index contributed by atoms with van der Waals surface area (Å²) in [5, 5.41) is 12.8. The average Bonchev–Trinajstić information content (AvgIpc) is 2.36. The van der Waals surface area contributed by atoms with Crippen LogP contribution < -0.4 is 5.32 Å². The van der Waals surface area contributed by atoms with E-state index in [9.17, 15) is 5.11 Å². The fourth-order valence-electron chi connectivity index (χ4n) is 1.46. The molecule has 1 aromatic rings. The Bertz CT molecular complexity index is 296. The molecule has 2 unspecified atom stereocenters. The summed E-state index contributed by atoms with van der Waals surface area (Å²) in [6.07, 6.45) is 4.58. The SMILES string of the molecule is CCC(C)(CO)CNC(C)c1ccncc1. The highest BCUT2D eigenvalue weighted by atomic mass is 16.3. The summed E-state index contributed by atoms with van der Waals surface area (Å²) in [6.45, 7) is 7.38. The smallest absolute Gasteiger partial charge is 0.0496 e. The van der Waals surface area contributed by atoms with Crippen molar-refractivity contribution in [2.45, 2.75) is 33.2 Å². The molecular formula is C13H22N2O. The molecule has 0 bridgehead atoms. The summed E-state index contributed by atoms with van der Waals surface area (Å²) < 4.78 is 0. The average molecular weight is 222 g/mol. The lowest BCUT2D eigenvalue weighted by molar-refractivity contribution is 0.132. The Labute approximate surface area is 97.9 Å². The van der Waals surface area contributed by atoms with Crippen LogP contribution in [0.5, 0.6) is 0 Å². The molecule has 90 valence electrons. The molecule has 1 aromatic heterocycles. The Kier molecular flexibility index (Phi) is 4.90. The highest BCUT2D eigenvalue weighted by Gasteiger charge is 2.21. The first kappa shape index (κ1) is 13.1. The Morgan fingerprint density at radius 2 is 2.06 bits per heavy atom. The molecular weight excluding hydrogens is 200 g/mol. The molecule has 0 radical (unpaired) electrons. The first-order valence-electron chi connectivity index (χ1n) is 5.85. The standard InChI is InChI=1S/C13H22N2O/c1-4-13(3,10-16)9-15-11(2)12-5-7-14-8-6-12/h5-8,11,15-16H,4,9-10H2,1-3H3. The number of aliphatic hydroxyl groups excluding tert-OH is 1. The van der Waals surface area contributed by atoms with Gasteiger partial charge >= 0.3 is 0 Å². The molecule has 0 aromatic carbocycles. The maximum atomic E-state index is 9.32. The highest BCUT2D eigenvalue weighted by Crippen LogP contribution is 2.20. The zero-order valence-electron chi connectivity index (χ0n) is 10.4. The lowest BCUT2D eigenvalue weighted by Crippen LogP contribution is -2.35. The maximum Gasteiger partial charge on any atom is 0.0496 e. The van der Waals surface area contributed by atoms with E-state index in [0.29, 0.717) is 6.04 Å². The van der Waals surface area contributed by atoms with E-state index in [-0.39, 0.29) is 12.0 Å². The van der Waals surface area contributed by atoms with Gasteiger partial charge < -0.3 is 10.4 Å². The lowest BCUT2D eigenvalue weighted by Gasteiger charge is -2.28. The molecule has 2 atom stereocenters. The molecule has 0 saturated carbocycles. The van der Waals surface area contributed by atoms with Gasteiger partial charge in [-0.05, 0) is 31.0 Å². The van der Waals surface area contributed by atoms with Gasteiger partial charge in [-0.2, -0.15) is 0 Å². The van der Waals surface area contributed by atoms with Crippen LogP contribution in [0.2, 0.25) is 0 Å². The molecule has 0 fully saturated rings. The molecule has 0 spiro atoms. The normalized spacial score (nSPS) is 16.8. The monoisotopic (exact) mass is 222 g/mol. The van der Waals surface area contributed by atoms with Crippen molar-refractivity contribution in [3.8, 4) is 0 Å². The fourth-order valence-corrected chi connectivity index (χ4v) is 1.46. The molecule has 1 rings (SSSR count).